The van der Waals surface area contributed by atoms with Crippen LogP contribution < -0.4 is 10.5 Å². The van der Waals surface area contributed by atoms with Crippen LogP contribution in [-0.2, 0) is 7.05 Å². The lowest BCUT2D eigenvalue weighted by Crippen LogP contribution is -1.98. The van der Waals surface area contributed by atoms with E-state index >= 15 is 0 Å². The standard InChI is InChI=1S/C9H12N4O/c1-5-6-4-7(10)9(14-3)11-8(6)13(2)12-5/h4H,10H2,1-3H3. The lowest BCUT2D eigenvalue weighted by Gasteiger charge is -2.03. The van der Waals surface area contributed by atoms with Crippen molar-refractivity contribution in [1.82, 2.24) is 14.8 Å². The van der Waals surface area contributed by atoms with Crippen LogP contribution in [0.3, 0.4) is 0 Å². The summed E-state index contributed by atoms with van der Waals surface area (Å²) in [6.45, 7) is 1.93. The zero-order chi connectivity index (χ0) is 10.3. The Balaban J connectivity index is 2.82. The minimum Gasteiger partial charge on any atom is -0.479 e. The van der Waals surface area contributed by atoms with Gasteiger partial charge in [-0.1, -0.05) is 0 Å². The van der Waals surface area contributed by atoms with Gasteiger partial charge in [-0.25, -0.2) is 0 Å². The molecule has 0 bridgehead atoms. The van der Waals surface area contributed by atoms with Gasteiger partial charge in [-0.2, -0.15) is 10.1 Å². The van der Waals surface area contributed by atoms with Crippen molar-refractivity contribution in [1.29, 1.82) is 0 Å². The number of ether oxygens (including phenoxy) is 1. The lowest BCUT2D eigenvalue weighted by molar-refractivity contribution is 0.401. The first kappa shape index (κ1) is 8.80. The van der Waals surface area contributed by atoms with E-state index in [9.17, 15) is 0 Å². The molecule has 0 amide bonds. The summed E-state index contributed by atoms with van der Waals surface area (Å²) in [6.07, 6.45) is 0. The molecule has 0 unspecified atom stereocenters. The summed E-state index contributed by atoms with van der Waals surface area (Å²) in [4.78, 5) is 4.27. The van der Waals surface area contributed by atoms with Crippen LogP contribution in [0.25, 0.3) is 11.0 Å². The SMILES string of the molecule is COc1nc2c(cc1N)c(C)nn2C. The largest absolute Gasteiger partial charge is 0.479 e. The maximum absolute atomic E-state index is 5.75. The predicted molar refractivity (Wildman–Crippen MR) is 54.2 cm³/mol. The maximum atomic E-state index is 5.75. The summed E-state index contributed by atoms with van der Waals surface area (Å²) in [7, 11) is 3.39. The van der Waals surface area contributed by atoms with Crippen molar-refractivity contribution in [2.75, 3.05) is 12.8 Å². The molecule has 0 radical (unpaired) electrons. The van der Waals surface area contributed by atoms with Gasteiger partial charge in [0.1, 0.15) is 0 Å². The molecule has 2 heterocycles. The monoisotopic (exact) mass is 192 g/mol. The Morgan fingerprint density at radius 2 is 2.21 bits per heavy atom. The molecule has 0 aliphatic carbocycles. The minimum atomic E-state index is 0.445. The third-order valence-electron chi connectivity index (χ3n) is 2.18. The van der Waals surface area contributed by atoms with Gasteiger partial charge in [0.25, 0.3) is 0 Å². The van der Waals surface area contributed by atoms with Crippen LogP contribution in [-0.4, -0.2) is 21.9 Å². The second-order valence-electron chi connectivity index (χ2n) is 3.17. The smallest absolute Gasteiger partial charge is 0.238 e. The minimum absolute atomic E-state index is 0.445. The van der Waals surface area contributed by atoms with Crippen molar-refractivity contribution in [2.45, 2.75) is 6.92 Å². The van der Waals surface area contributed by atoms with Crippen LogP contribution >= 0.6 is 0 Å². The molecule has 0 aliphatic heterocycles. The van der Waals surface area contributed by atoms with Crippen molar-refractivity contribution in [3.8, 4) is 5.88 Å². The first-order valence-corrected chi connectivity index (χ1v) is 4.27. The molecule has 2 aromatic rings. The van der Waals surface area contributed by atoms with Crippen LogP contribution in [0.1, 0.15) is 5.69 Å². The number of nitrogen functional groups attached to an aromatic ring is 1. The highest BCUT2D eigenvalue weighted by atomic mass is 16.5. The van der Waals surface area contributed by atoms with Gasteiger partial charge < -0.3 is 10.5 Å². The number of fused-ring (bicyclic) bond motifs is 1. The van der Waals surface area contributed by atoms with E-state index in [1.165, 1.54) is 0 Å². The molecule has 0 saturated carbocycles. The Kier molecular flexibility index (Phi) is 1.80. The topological polar surface area (TPSA) is 66.0 Å². The normalized spacial score (nSPS) is 10.8. The molecule has 14 heavy (non-hydrogen) atoms. The van der Waals surface area contributed by atoms with Crippen molar-refractivity contribution >= 4 is 16.7 Å². The molecule has 5 heteroatoms. The number of nitrogens with zero attached hydrogens (tertiary/aromatic N) is 3. The summed E-state index contributed by atoms with van der Waals surface area (Å²) < 4.78 is 6.76. The number of aromatic nitrogens is 3. The van der Waals surface area contributed by atoms with Crippen molar-refractivity contribution in [2.24, 2.45) is 7.05 Å². The van der Waals surface area contributed by atoms with Gasteiger partial charge in [-0.3, -0.25) is 4.68 Å². The van der Waals surface area contributed by atoms with Crippen LogP contribution in [0, 0.1) is 6.92 Å². The fourth-order valence-corrected chi connectivity index (χ4v) is 1.51. The highest BCUT2D eigenvalue weighted by Gasteiger charge is 2.10. The Labute approximate surface area is 81.5 Å². The lowest BCUT2D eigenvalue weighted by atomic mass is 10.2. The maximum Gasteiger partial charge on any atom is 0.238 e. The number of hydrogen-bond acceptors (Lipinski definition) is 4. The Morgan fingerprint density at radius 1 is 1.50 bits per heavy atom. The molecule has 2 aromatic heterocycles. The van der Waals surface area contributed by atoms with Gasteiger partial charge in [0, 0.05) is 12.4 Å². The Bertz CT molecular complexity index is 489. The van der Waals surface area contributed by atoms with E-state index in [4.69, 9.17) is 10.5 Å². The average molecular weight is 192 g/mol. The molecular weight excluding hydrogens is 180 g/mol. The molecule has 2 N–H and O–H groups in total. The summed E-state index contributed by atoms with van der Waals surface area (Å²) in [5.74, 6) is 0.445. The summed E-state index contributed by atoms with van der Waals surface area (Å²) in [6, 6.07) is 1.84. The quantitative estimate of drug-likeness (QED) is 0.728. The molecule has 0 aliphatic rings. The number of pyridine rings is 1. The fourth-order valence-electron chi connectivity index (χ4n) is 1.51. The van der Waals surface area contributed by atoms with Gasteiger partial charge in [0.2, 0.25) is 5.88 Å². The van der Waals surface area contributed by atoms with Gasteiger partial charge >= 0.3 is 0 Å². The highest BCUT2D eigenvalue weighted by Crippen LogP contribution is 2.25. The Hall–Kier alpha value is -1.78. The molecule has 0 spiro atoms. The van der Waals surface area contributed by atoms with Gasteiger partial charge in [-0.05, 0) is 13.0 Å². The molecule has 0 aromatic carbocycles. The molecule has 0 fully saturated rings. The molecule has 74 valence electrons. The number of methoxy groups -OCH3 is 1. The number of rotatable bonds is 1. The second kappa shape index (κ2) is 2.87. The molecule has 0 atom stereocenters. The number of nitrogens with two attached hydrogens (primary N) is 1. The van der Waals surface area contributed by atoms with Crippen LogP contribution in [0.4, 0.5) is 5.69 Å². The first-order chi connectivity index (χ1) is 6.63. The summed E-state index contributed by atoms with van der Waals surface area (Å²) in [5.41, 5.74) is 8.00. The molecule has 0 saturated heterocycles. The zero-order valence-corrected chi connectivity index (χ0v) is 8.40. The van der Waals surface area contributed by atoms with Crippen molar-refractivity contribution < 1.29 is 4.74 Å². The van der Waals surface area contributed by atoms with E-state index in [1.54, 1.807) is 11.8 Å². The predicted octanol–water partition coefficient (Wildman–Crippen LogP) is 0.868. The van der Waals surface area contributed by atoms with E-state index in [0.717, 1.165) is 16.7 Å². The van der Waals surface area contributed by atoms with E-state index in [-0.39, 0.29) is 0 Å². The van der Waals surface area contributed by atoms with Gasteiger partial charge in [0.05, 0.1) is 18.5 Å². The highest BCUT2D eigenvalue weighted by molar-refractivity contribution is 5.82. The van der Waals surface area contributed by atoms with Gasteiger partial charge in [0.15, 0.2) is 5.65 Å². The average Bonchev–Trinajstić information content (AvgIpc) is 2.41. The molecular formula is C9H12N4O. The first-order valence-electron chi connectivity index (χ1n) is 4.27. The third-order valence-corrected chi connectivity index (χ3v) is 2.18. The zero-order valence-electron chi connectivity index (χ0n) is 8.40. The van der Waals surface area contributed by atoms with Crippen LogP contribution in [0.2, 0.25) is 0 Å². The van der Waals surface area contributed by atoms with E-state index in [2.05, 4.69) is 10.1 Å². The van der Waals surface area contributed by atoms with Crippen LogP contribution in [0.5, 0.6) is 5.88 Å². The third kappa shape index (κ3) is 1.09. The molecule has 5 nitrogen and oxygen atoms in total. The number of anilines is 1. The summed E-state index contributed by atoms with van der Waals surface area (Å²) in [5, 5.41) is 5.21. The van der Waals surface area contributed by atoms with E-state index < -0.39 is 0 Å². The van der Waals surface area contributed by atoms with Crippen molar-refractivity contribution in [3.05, 3.63) is 11.8 Å². The van der Waals surface area contributed by atoms with Gasteiger partial charge in [-0.15, -0.1) is 0 Å². The van der Waals surface area contributed by atoms with E-state index in [1.807, 2.05) is 20.0 Å². The van der Waals surface area contributed by atoms with Crippen molar-refractivity contribution in [3.63, 3.8) is 0 Å². The summed E-state index contributed by atoms with van der Waals surface area (Å²) >= 11 is 0. The Morgan fingerprint density at radius 3 is 2.86 bits per heavy atom. The van der Waals surface area contributed by atoms with E-state index in [0.29, 0.717) is 11.6 Å². The fraction of sp³-hybridized carbons (Fsp3) is 0.333. The second-order valence-corrected chi connectivity index (χ2v) is 3.17. The number of hydrogen-bond donors (Lipinski definition) is 1. The molecule has 2 rings (SSSR count). The van der Waals surface area contributed by atoms with Crippen LogP contribution in [0.15, 0.2) is 6.07 Å². The number of aryl methyl sites for hydroxylation is 2.